The molecule has 3 aromatic rings. The molecule has 2 heterocycles. The van der Waals surface area contributed by atoms with Gasteiger partial charge in [0.25, 0.3) is 0 Å². The van der Waals surface area contributed by atoms with E-state index in [4.69, 9.17) is 9.15 Å². The van der Waals surface area contributed by atoms with E-state index in [1.54, 1.807) is 18.2 Å². The average Bonchev–Trinajstić information content (AvgIpc) is 3.16. The number of hydrogen-bond acceptors (Lipinski definition) is 4. The van der Waals surface area contributed by atoms with Gasteiger partial charge in [0.05, 0.1) is 24.4 Å². The van der Waals surface area contributed by atoms with Gasteiger partial charge in [-0.15, -0.1) is 0 Å². The van der Waals surface area contributed by atoms with Crippen molar-refractivity contribution in [2.24, 2.45) is 0 Å². The van der Waals surface area contributed by atoms with Gasteiger partial charge in [-0.2, -0.15) is 0 Å². The SMILES string of the molecule is O=C(CCc1ncc(-c2ccccc2F)o1)NC1CCOc2ccc(Br)cc21. The van der Waals surface area contributed by atoms with Gasteiger partial charge in [-0.25, -0.2) is 9.37 Å². The highest BCUT2D eigenvalue weighted by Crippen LogP contribution is 2.34. The highest BCUT2D eigenvalue weighted by atomic mass is 79.9. The van der Waals surface area contributed by atoms with Crippen LogP contribution in [0.4, 0.5) is 4.39 Å². The van der Waals surface area contributed by atoms with Crippen LogP contribution in [0.1, 0.15) is 30.3 Å². The Balaban J connectivity index is 1.37. The number of ether oxygens (including phenoxy) is 1. The quantitative estimate of drug-likeness (QED) is 0.612. The zero-order valence-corrected chi connectivity index (χ0v) is 16.5. The summed E-state index contributed by atoms with van der Waals surface area (Å²) in [6.45, 7) is 0.561. The second-order valence-electron chi connectivity index (χ2n) is 6.54. The number of oxazole rings is 1. The summed E-state index contributed by atoms with van der Waals surface area (Å²) in [5.74, 6) is 1.10. The van der Waals surface area contributed by atoms with E-state index < -0.39 is 0 Å². The molecule has 144 valence electrons. The van der Waals surface area contributed by atoms with Crippen molar-refractivity contribution in [2.75, 3.05) is 6.61 Å². The molecule has 1 unspecified atom stereocenters. The molecule has 7 heteroatoms. The van der Waals surface area contributed by atoms with Crippen LogP contribution in [0, 0.1) is 5.82 Å². The predicted octanol–water partition coefficient (Wildman–Crippen LogP) is 4.82. The summed E-state index contributed by atoms with van der Waals surface area (Å²) in [5, 5.41) is 3.05. The first-order valence-corrected chi connectivity index (χ1v) is 9.80. The molecule has 1 aliphatic heterocycles. The minimum Gasteiger partial charge on any atom is -0.493 e. The lowest BCUT2D eigenvalue weighted by molar-refractivity contribution is -0.122. The Hall–Kier alpha value is -2.67. The molecule has 0 saturated heterocycles. The number of carbonyl (C=O) groups excluding carboxylic acids is 1. The maximum Gasteiger partial charge on any atom is 0.220 e. The van der Waals surface area contributed by atoms with E-state index in [1.165, 1.54) is 12.3 Å². The van der Waals surface area contributed by atoms with Gasteiger partial charge in [0.15, 0.2) is 11.7 Å². The van der Waals surface area contributed by atoms with Crippen LogP contribution in [0.2, 0.25) is 0 Å². The number of carbonyl (C=O) groups is 1. The molecule has 1 atom stereocenters. The third-order valence-electron chi connectivity index (χ3n) is 4.61. The van der Waals surface area contributed by atoms with Crippen molar-refractivity contribution in [3.05, 3.63) is 70.4 Å². The van der Waals surface area contributed by atoms with Gasteiger partial charge in [0.1, 0.15) is 11.6 Å². The number of rotatable bonds is 5. The van der Waals surface area contributed by atoms with Crippen LogP contribution in [0.25, 0.3) is 11.3 Å². The van der Waals surface area contributed by atoms with Gasteiger partial charge < -0.3 is 14.5 Å². The second-order valence-corrected chi connectivity index (χ2v) is 7.45. The summed E-state index contributed by atoms with van der Waals surface area (Å²) in [6.07, 6.45) is 2.77. The van der Waals surface area contributed by atoms with Crippen molar-refractivity contribution in [2.45, 2.75) is 25.3 Å². The Bertz CT molecular complexity index is 1000. The number of halogens is 2. The third kappa shape index (κ3) is 4.09. The molecule has 1 aliphatic rings. The lowest BCUT2D eigenvalue weighted by atomic mass is 10.0. The zero-order valence-electron chi connectivity index (χ0n) is 15.0. The number of amides is 1. The average molecular weight is 445 g/mol. The molecule has 1 amide bonds. The van der Waals surface area contributed by atoms with E-state index in [2.05, 4.69) is 26.2 Å². The van der Waals surface area contributed by atoms with Crippen LogP contribution < -0.4 is 10.1 Å². The number of hydrogen-bond donors (Lipinski definition) is 1. The molecule has 0 spiro atoms. The zero-order chi connectivity index (χ0) is 19.5. The Labute approximate surface area is 170 Å². The molecule has 4 rings (SSSR count). The molecular formula is C21H18BrFN2O3. The number of aryl methyl sites for hydroxylation is 1. The van der Waals surface area contributed by atoms with Gasteiger partial charge in [0, 0.05) is 29.3 Å². The van der Waals surface area contributed by atoms with Crippen molar-refractivity contribution in [3.8, 4) is 17.1 Å². The fourth-order valence-corrected chi connectivity index (χ4v) is 3.59. The maximum atomic E-state index is 13.8. The van der Waals surface area contributed by atoms with Crippen LogP contribution in [0.3, 0.4) is 0 Å². The number of aromatic nitrogens is 1. The number of fused-ring (bicyclic) bond motifs is 1. The van der Waals surface area contributed by atoms with E-state index in [0.717, 1.165) is 15.8 Å². The van der Waals surface area contributed by atoms with Gasteiger partial charge in [0.2, 0.25) is 5.91 Å². The van der Waals surface area contributed by atoms with Crippen LogP contribution in [-0.2, 0) is 11.2 Å². The molecular weight excluding hydrogens is 427 g/mol. The summed E-state index contributed by atoms with van der Waals surface area (Å²) in [6, 6.07) is 12.0. The van der Waals surface area contributed by atoms with Crippen LogP contribution in [0.15, 0.2) is 57.6 Å². The Morgan fingerprint density at radius 2 is 2.14 bits per heavy atom. The smallest absolute Gasteiger partial charge is 0.220 e. The standard InChI is InChI=1S/C21H18BrFN2O3/c22-13-5-6-18-15(11-13)17(9-10-27-18)25-20(26)7-8-21-24-12-19(28-21)14-3-1-2-4-16(14)23/h1-6,11-12,17H,7-10H2,(H,25,26). The van der Waals surface area contributed by atoms with E-state index in [-0.39, 0.29) is 24.2 Å². The normalized spacial score (nSPS) is 15.6. The largest absolute Gasteiger partial charge is 0.493 e. The summed E-state index contributed by atoms with van der Waals surface area (Å²) < 4.78 is 26.0. The molecule has 1 aromatic heterocycles. The van der Waals surface area contributed by atoms with Gasteiger partial charge in [-0.3, -0.25) is 4.79 Å². The van der Waals surface area contributed by atoms with Crippen molar-refractivity contribution < 1.29 is 18.3 Å². The first-order valence-electron chi connectivity index (χ1n) is 9.01. The van der Waals surface area contributed by atoms with Crippen LogP contribution in [-0.4, -0.2) is 17.5 Å². The molecule has 1 N–H and O–H groups in total. The fourth-order valence-electron chi connectivity index (χ4n) is 3.21. The first kappa shape index (κ1) is 18.7. The number of nitrogens with zero attached hydrogens (tertiary/aromatic N) is 1. The second kappa shape index (κ2) is 8.14. The van der Waals surface area contributed by atoms with Crippen molar-refractivity contribution in [3.63, 3.8) is 0 Å². The Kier molecular flexibility index (Phi) is 5.43. The van der Waals surface area contributed by atoms with Crippen molar-refractivity contribution in [1.82, 2.24) is 10.3 Å². The molecule has 0 radical (unpaired) electrons. The van der Waals surface area contributed by atoms with Crippen molar-refractivity contribution in [1.29, 1.82) is 0 Å². The molecule has 0 fully saturated rings. The summed E-state index contributed by atoms with van der Waals surface area (Å²) in [4.78, 5) is 16.6. The minimum atomic E-state index is -0.368. The van der Waals surface area contributed by atoms with Crippen molar-refractivity contribution >= 4 is 21.8 Å². The number of benzene rings is 2. The van der Waals surface area contributed by atoms with Gasteiger partial charge in [-0.05, 0) is 30.3 Å². The molecule has 0 aliphatic carbocycles. The van der Waals surface area contributed by atoms with E-state index in [0.29, 0.717) is 36.7 Å². The minimum absolute atomic E-state index is 0.0905. The lowest BCUT2D eigenvalue weighted by Crippen LogP contribution is -2.32. The maximum absolute atomic E-state index is 13.8. The number of nitrogens with one attached hydrogen (secondary N) is 1. The summed E-state index contributed by atoms with van der Waals surface area (Å²) in [5.41, 5.74) is 1.32. The topological polar surface area (TPSA) is 64.4 Å². The molecule has 28 heavy (non-hydrogen) atoms. The predicted molar refractivity (Wildman–Crippen MR) is 105 cm³/mol. The highest BCUT2D eigenvalue weighted by Gasteiger charge is 2.23. The molecule has 0 saturated carbocycles. The van der Waals surface area contributed by atoms with Gasteiger partial charge >= 0.3 is 0 Å². The van der Waals surface area contributed by atoms with Gasteiger partial charge in [-0.1, -0.05) is 28.1 Å². The fraction of sp³-hybridized carbons (Fsp3) is 0.238. The Morgan fingerprint density at radius 3 is 3.00 bits per heavy atom. The summed E-state index contributed by atoms with van der Waals surface area (Å²) in [7, 11) is 0. The Morgan fingerprint density at radius 1 is 1.29 bits per heavy atom. The monoisotopic (exact) mass is 444 g/mol. The lowest BCUT2D eigenvalue weighted by Gasteiger charge is -2.27. The van der Waals surface area contributed by atoms with E-state index in [9.17, 15) is 9.18 Å². The third-order valence-corrected chi connectivity index (χ3v) is 5.10. The van der Waals surface area contributed by atoms with Crippen LogP contribution in [0.5, 0.6) is 5.75 Å². The highest BCUT2D eigenvalue weighted by molar-refractivity contribution is 9.10. The molecule has 2 aromatic carbocycles. The summed E-state index contributed by atoms with van der Waals surface area (Å²) >= 11 is 3.46. The van der Waals surface area contributed by atoms with E-state index >= 15 is 0 Å². The first-order chi connectivity index (χ1) is 13.6. The molecule has 5 nitrogen and oxygen atoms in total. The molecule has 0 bridgehead atoms. The van der Waals surface area contributed by atoms with E-state index in [1.807, 2.05) is 18.2 Å². The van der Waals surface area contributed by atoms with Crippen LogP contribution >= 0.6 is 15.9 Å².